The van der Waals surface area contributed by atoms with Gasteiger partial charge in [-0.3, -0.25) is 4.79 Å². The van der Waals surface area contributed by atoms with Crippen molar-refractivity contribution in [2.24, 2.45) is 0 Å². The van der Waals surface area contributed by atoms with E-state index in [-0.39, 0.29) is 5.91 Å². The van der Waals surface area contributed by atoms with Gasteiger partial charge in [-0.05, 0) is 25.0 Å². The number of aromatic nitrogens is 1. The maximum atomic E-state index is 12.2. The van der Waals surface area contributed by atoms with E-state index in [4.69, 9.17) is 9.15 Å². The van der Waals surface area contributed by atoms with Gasteiger partial charge in [0.25, 0.3) is 5.91 Å². The highest BCUT2D eigenvalue weighted by atomic mass is 16.5. The van der Waals surface area contributed by atoms with Gasteiger partial charge in [-0.15, -0.1) is 0 Å². The van der Waals surface area contributed by atoms with E-state index in [1.807, 2.05) is 6.07 Å². The van der Waals surface area contributed by atoms with Crippen LogP contribution in [0.5, 0.6) is 0 Å². The lowest BCUT2D eigenvalue weighted by atomic mass is 10.1. The number of ether oxygens (including phenoxy) is 1. The molecule has 2 heterocycles. The number of carbonyl (C=O) groups is 1. The normalized spacial score (nSPS) is 14.7. The van der Waals surface area contributed by atoms with Crippen molar-refractivity contribution in [3.05, 3.63) is 47.2 Å². The average Bonchev–Trinajstić information content (AvgIpc) is 2.94. The zero-order valence-electron chi connectivity index (χ0n) is 14.2. The van der Waals surface area contributed by atoms with E-state index >= 15 is 0 Å². The molecule has 6 heteroatoms. The molecule has 1 N–H and O–H groups in total. The molecular weight excluding hydrogens is 306 g/mol. The topological polar surface area (TPSA) is 67.6 Å². The molecule has 0 unspecified atom stereocenters. The maximum Gasteiger partial charge on any atom is 0.273 e. The van der Waals surface area contributed by atoms with E-state index in [1.54, 1.807) is 13.8 Å². The summed E-state index contributed by atoms with van der Waals surface area (Å²) in [6.45, 7) is 7.38. The number of para-hydroxylation sites is 1. The number of rotatable bonds is 5. The largest absolute Gasteiger partial charge is 0.445 e. The Balaban J connectivity index is 1.60. The molecule has 2 aromatic rings. The van der Waals surface area contributed by atoms with Crippen LogP contribution in [0.2, 0.25) is 0 Å². The van der Waals surface area contributed by atoms with Gasteiger partial charge >= 0.3 is 0 Å². The fourth-order valence-corrected chi connectivity index (χ4v) is 2.97. The van der Waals surface area contributed by atoms with Crippen LogP contribution in [0.15, 0.2) is 28.7 Å². The molecule has 0 aliphatic carbocycles. The molecule has 0 spiro atoms. The highest BCUT2D eigenvalue weighted by molar-refractivity contribution is 5.93. The Morgan fingerprint density at radius 1 is 1.25 bits per heavy atom. The standard InChI is InChI=1S/C18H23N3O3/c1-13-17(20-14(2)24-13)18(22)19-8-7-15-5-3-4-6-16(15)21-9-11-23-12-10-21/h3-6H,7-12H2,1-2H3,(H,19,22). The molecular formula is C18H23N3O3. The summed E-state index contributed by atoms with van der Waals surface area (Å²) in [5, 5.41) is 2.93. The van der Waals surface area contributed by atoms with Crippen LogP contribution in [0.25, 0.3) is 0 Å². The molecule has 0 bridgehead atoms. The number of anilines is 1. The predicted octanol–water partition coefficient (Wildman–Crippen LogP) is 2.10. The molecule has 1 aliphatic rings. The van der Waals surface area contributed by atoms with Crippen molar-refractivity contribution in [1.82, 2.24) is 10.3 Å². The Labute approximate surface area is 141 Å². The van der Waals surface area contributed by atoms with Gasteiger partial charge in [0, 0.05) is 32.2 Å². The quantitative estimate of drug-likeness (QED) is 0.910. The fraction of sp³-hybridized carbons (Fsp3) is 0.444. The average molecular weight is 329 g/mol. The fourth-order valence-electron chi connectivity index (χ4n) is 2.97. The minimum absolute atomic E-state index is 0.187. The van der Waals surface area contributed by atoms with Crippen molar-refractivity contribution >= 4 is 11.6 Å². The number of hydrogen-bond donors (Lipinski definition) is 1. The van der Waals surface area contributed by atoms with Crippen molar-refractivity contribution in [3.8, 4) is 0 Å². The molecule has 3 rings (SSSR count). The molecule has 1 aromatic heterocycles. The number of benzene rings is 1. The van der Waals surface area contributed by atoms with Crippen LogP contribution in [0.1, 0.15) is 27.7 Å². The van der Waals surface area contributed by atoms with E-state index < -0.39 is 0 Å². The lowest BCUT2D eigenvalue weighted by Crippen LogP contribution is -2.37. The van der Waals surface area contributed by atoms with Gasteiger partial charge in [-0.1, -0.05) is 18.2 Å². The van der Waals surface area contributed by atoms with Crippen LogP contribution in [0.3, 0.4) is 0 Å². The van der Waals surface area contributed by atoms with Gasteiger partial charge in [0.2, 0.25) is 0 Å². The first-order chi connectivity index (χ1) is 11.6. The molecule has 128 valence electrons. The minimum atomic E-state index is -0.187. The van der Waals surface area contributed by atoms with Gasteiger partial charge < -0.3 is 19.4 Å². The first-order valence-electron chi connectivity index (χ1n) is 8.28. The van der Waals surface area contributed by atoms with Gasteiger partial charge in [0.05, 0.1) is 13.2 Å². The summed E-state index contributed by atoms with van der Waals surface area (Å²) in [4.78, 5) is 18.7. The number of carbonyl (C=O) groups excluding carboxylic acids is 1. The zero-order valence-corrected chi connectivity index (χ0v) is 14.2. The second-order valence-corrected chi connectivity index (χ2v) is 5.87. The zero-order chi connectivity index (χ0) is 16.9. The molecule has 1 fully saturated rings. The monoisotopic (exact) mass is 329 g/mol. The Morgan fingerprint density at radius 2 is 2.00 bits per heavy atom. The number of amides is 1. The first-order valence-corrected chi connectivity index (χ1v) is 8.28. The van der Waals surface area contributed by atoms with Gasteiger partial charge in [0.1, 0.15) is 5.76 Å². The first kappa shape index (κ1) is 16.5. The van der Waals surface area contributed by atoms with Crippen molar-refractivity contribution in [2.45, 2.75) is 20.3 Å². The maximum absolute atomic E-state index is 12.2. The highest BCUT2D eigenvalue weighted by Crippen LogP contribution is 2.21. The predicted molar refractivity (Wildman–Crippen MR) is 91.5 cm³/mol. The summed E-state index contributed by atoms with van der Waals surface area (Å²) in [5.41, 5.74) is 2.82. The Hall–Kier alpha value is -2.34. The molecule has 24 heavy (non-hydrogen) atoms. The Morgan fingerprint density at radius 3 is 2.71 bits per heavy atom. The molecule has 1 aliphatic heterocycles. The third-order valence-electron chi connectivity index (χ3n) is 4.14. The second-order valence-electron chi connectivity index (χ2n) is 5.87. The van der Waals surface area contributed by atoms with Crippen LogP contribution in [0, 0.1) is 13.8 Å². The molecule has 1 saturated heterocycles. The third kappa shape index (κ3) is 3.76. The van der Waals surface area contributed by atoms with Crippen molar-refractivity contribution in [3.63, 3.8) is 0 Å². The lowest BCUT2D eigenvalue weighted by molar-refractivity contribution is 0.0948. The van der Waals surface area contributed by atoms with E-state index in [2.05, 4.69) is 33.4 Å². The molecule has 6 nitrogen and oxygen atoms in total. The number of nitrogens with zero attached hydrogens (tertiary/aromatic N) is 2. The summed E-state index contributed by atoms with van der Waals surface area (Å²) in [7, 11) is 0. The summed E-state index contributed by atoms with van der Waals surface area (Å²) in [6, 6.07) is 8.33. The van der Waals surface area contributed by atoms with E-state index in [0.29, 0.717) is 23.9 Å². The van der Waals surface area contributed by atoms with Crippen molar-refractivity contribution in [1.29, 1.82) is 0 Å². The van der Waals surface area contributed by atoms with Gasteiger partial charge in [-0.2, -0.15) is 0 Å². The molecule has 1 aromatic carbocycles. The van der Waals surface area contributed by atoms with E-state index in [9.17, 15) is 4.79 Å². The Kier molecular flexibility index (Phi) is 5.15. The summed E-state index contributed by atoms with van der Waals surface area (Å²) in [6.07, 6.45) is 0.773. The summed E-state index contributed by atoms with van der Waals surface area (Å²) >= 11 is 0. The minimum Gasteiger partial charge on any atom is -0.445 e. The molecule has 0 radical (unpaired) electrons. The van der Waals surface area contributed by atoms with Crippen LogP contribution in [0.4, 0.5) is 5.69 Å². The SMILES string of the molecule is Cc1nc(C(=O)NCCc2ccccc2N2CCOCC2)c(C)o1. The Bertz CT molecular complexity index is 705. The van der Waals surface area contributed by atoms with Crippen LogP contribution >= 0.6 is 0 Å². The van der Waals surface area contributed by atoms with Gasteiger partial charge in [0.15, 0.2) is 11.6 Å². The smallest absolute Gasteiger partial charge is 0.273 e. The van der Waals surface area contributed by atoms with E-state index in [0.717, 1.165) is 32.7 Å². The second kappa shape index (κ2) is 7.49. The molecule has 1 amide bonds. The van der Waals surface area contributed by atoms with E-state index in [1.165, 1.54) is 11.3 Å². The number of hydrogen-bond acceptors (Lipinski definition) is 5. The lowest BCUT2D eigenvalue weighted by Gasteiger charge is -2.30. The molecule has 0 saturated carbocycles. The highest BCUT2D eigenvalue weighted by Gasteiger charge is 2.16. The number of oxazole rings is 1. The third-order valence-corrected chi connectivity index (χ3v) is 4.14. The molecule has 0 atom stereocenters. The van der Waals surface area contributed by atoms with Crippen LogP contribution in [-0.4, -0.2) is 43.7 Å². The number of aryl methyl sites for hydroxylation is 2. The van der Waals surface area contributed by atoms with Crippen molar-refractivity contribution < 1.29 is 13.9 Å². The van der Waals surface area contributed by atoms with Gasteiger partial charge in [-0.25, -0.2) is 4.98 Å². The van der Waals surface area contributed by atoms with Crippen LogP contribution < -0.4 is 10.2 Å². The van der Waals surface area contributed by atoms with Crippen molar-refractivity contribution in [2.75, 3.05) is 37.7 Å². The summed E-state index contributed by atoms with van der Waals surface area (Å²) in [5.74, 6) is 0.877. The summed E-state index contributed by atoms with van der Waals surface area (Å²) < 4.78 is 10.7. The van der Waals surface area contributed by atoms with Crippen LogP contribution in [-0.2, 0) is 11.2 Å². The number of nitrogens with one attached hydrogen (secondary N) is 1. The number of morpholine rings is 1.